The molecule has 1 aromatic carbocycles. The third-order valence-electron chi connectivity index (χ3n) is 4.50. The van der Waals surface area contributed by atoms with Crippen molar-refractivity contribution in [2.45, 2.75) is 31.6 Å². The fourth-order valence-electron chi connectivity index (χ4n) is 2.85. The van der Waals surface area contributed by atoms with Gasteiger partial charge < -0.3 is 20.8 Å². The summed E-state index contributed by atoms with van der Waals surface area (Å²) in [4.78, 5) is 37.7. The fraction of sp³-hybridized carbons (Fsp3) is 0.368. The molecule has 13 heteroatoms. The van der Waals surface area contributed by atoms with Crippen molar-refractivity contribution in [1.82, 2.24) is 20.2 Å². The maximum Gasteiger partial charge on any atom is 0.490 e. The lowest BCUT2D eigenvalue weighted by Crippen LogP contribution is -2.32. The van der Waals surface area contributed by atoms with Crippen LogP contribution >= 0.6 is 0 Å². The van der Waals surface area contributed by atoms with E-state index in [1.807, 2.05) is 0 Å². The Bertz CT molecular complexity index is 1030. The summed E-state index contributed by atoms with van der Waals surface area (Å²) in [6, 6.07) is 5.54. The van der Waals surface area contributed by atoms with Crippen molar-refractivity contribution in [3.63, 3.8) is 0 Å². The molecule has 0 spiro atoms. The molecule has 1 amide bonds. The summed E-state index contributed by atoms with van der Waals surface area (Å²) in [6.45, 7) is 0.944. The van der Waals surface area contributed by atoms with Crippen LogP contribution in [0.2, 0.25) is 0 Å². The van der Waals surface area contributed by atoms with Crippen molar-refractivity contribution < 1.29 is 37.4 Å². The van der Waals surface area contributed by atoms with Gasteiger partial charge >= 0.3 is 12.1 Å². The van der Waals surface area contributed by atoms with Crippen LogP contribution in [0, 0.1) is 5.82 Å². The third-order valence-corrected chi connectivity index (χ3v) is 4.50. The highest BCUT2D eigenvalue weighted by Gasteiger charge is 2.38. The van der Waals surface area contributed by atoms with E-state index in [2.05, 4.69) is 15.6 Å². The molecular formula is C19H20F4N4O5. The Morgan fingerprint density at radius 1 is 1.28 bits per heavy atom. The molecule has 0 aliphatic carbocycles. The second-order valence-corrected chi connectivity index (χ2v) is 6.79. The lowest BCUT2D eigenvalue weighted by atomic mass is 10.2. The Kier molecular flexibility index (Phi) is 7.92. The minimum absolute atomic E-state index is 0.123. The van der Waals surface area contributed by atoms with Gasteiger partial charge in [-0.1, -0.05) is 12.1 Å². The summed E-state index contributed by atoms with van der Waals surface area (Å²) in [5.74, 6) is -4.03. The summed E-state index contributed by atoms with van der Waals surface area (Å²) in [6.07, 6.45) is -3.32. The van der Waals surface area contributed by atoms with Gasteiger partial charge in [-0.05, 0) is 37.1 Å². The van der Waals surface area contributed by atoms with E-state index in [1.165, 1.54) is 23.7 Å². The average molecular weight is 460 g/mol. The number of halogens is 4. The van der Waals surface area contributed by atoms with E-state index in [4.69, 9.17) is 9.90 Å². The van der Waals surface area contributed by atoms with Gasteiger partial charge in [0.25, 0.3) is 11.5 Å². The highest BCUT2D eigenvalue weighted by atomic mass is 19.4. The predicted octanol–water partition coefficient (Wildman–Crippen LogP) is 1.61. The Balaban J connectivity index is 0.000000451. The van der Waals surface area contributed by atoms with E-state index in [-0.39, 0.29) is 24.1 Å². The van der Waals surface area contributed by atoms with Gasteiger partial charge in [-0.15, -0.1) is 0 Å². The van der Waals surface area contributed by atoms with Crippen molar-refractivity contribution in [3.8, 4) is 5.75 Å². The molecule has 1 aliphatic rings. The first-order valence-corrected chi connectivity index (χ1v) is 9.27. The number of hydrogen-bond acceptors (Lipinski definition) is 6. The lowest BCUT2D eigenvalue weighted by Gasteiger charge is -2.16. The molecule has 4 N–H and O–H groups in total. The van der Waals surface area contributed by atoms with Crippen LogP contribution in [0.4, 0.5) is 17.6 Å². The van der Waals surface area contributed by atoms with Gasteiger partial charge in [0.05, 0.1) is 6.04 Å². The molecule has 1 aliphatic heterocycles. The van der Waals surface area contributed by atoms with Crippen molar-refractivity contribution in [2.24, 2.45) is 7.05 Å². The van der Waals surface area contributed by atoms with Crippen LogP contribution in [0.3, 0.4) is 0 Å². The summed E-state index contributed by atoms with van der Waals surface area (Å²) >= 11 is 0. The van der Waals surface area contributed by atoms with E-state index in [1.54, 1.807) is 12.1 Å². The molecule has 3 rings (SSSR count). The zero-order chi connectivity index (χ0) is 24.1. The molecule has 174 valence electrons. The number of alkyl halides is 3. The summed E-state index contributed by atoms with van der Waals surface area (Å²) < 4.78 is 45.9. The number of aromatic hydroxyl groups is 1. The number of aliphatic carboxylic acids is 1. The molecule has 9 nitrogen and oxygen atoms in total. The minimum atomic E-state index is -5.08. The van der Waals surface area contributed by atoms with Gasteiger partial charge in [0.2, 0.25) is 5.75 Å². The van der Waals surface area contributed by atoms with Crippen molar-refractivity contribution in [2.75, 3.05) is 6.54 Å². The molecule has 1 aromatic heterocycles. The summed E-state index contributed by atoms with van der Waals surface area (Å²) in [5, 5.41) is 23.0. The standard InChI is InChI=1S/C17H19FN4O3.C2HF3O2/c1-22-15(12-3-2-8-19-12)21-13(14(23)17(22)25)16(24)20-9-10-4-6-11(18)7-5-10;3-2(4,5)1(6)7/h4-7,12,19,23H,2-3,8-9H2,1H3,(H,20,24);(H,6,7)/t12-;/m0./s1. The number of benzene rings is 1. The predicted molar refractivity (Wildman–Crippen MR) is 102 cm³/mol. The highest BCUT2D eigenvalue weighted by Crippen LogP contribution is 2.22. The van der Waals surface area contributed by atoms with Crippen LogP contribution in [-0.2, 0) is 18.4 Å². The van der Waals surface area contributed by atoms with Crippen LogP contribution in [0.25, 0.3) is 0 Å². The number of hydrogen-bond donors (Lipinski definition) is 4. The minimum Gasteiger partial charge on any atom is -0.501 e. The molecule has 0 saturated carbocycles. The third kappa shape index (κ3) is 6.26. The largest absolute Gasteiger partial charge is 0.501 e. The molecule has 1 atom stereocenters. The van der Waals surface area contributed by atoms with E-state index in [9.17, 15) is 32.3 Å². The second-order valence-electron chi connectivity index (χ2n) is 6.79. The first kappa shape index (κ1) is 24.8. The van der Waals surface area contributed by atoms with Crippen LogP contribution in [0.5, 0.6) is 5.75 Å². The number of amides is 1. The molecule has 2 heterocycles. The summed E-state index contributed by atoms with van der Waals surface area (Å²) in [7, 11) is 1.52. The SMILES string of the molecule is Cn1c([C@@H]2CCCN2)nc(C(=O)NCc2ccc(F)cc2)c(O)c1=O.O=C(O)C(F)(F)F. The number of aromatic nitrogens is 2. The topological polar surface area (TPSA) is 134 Å². The quantitative estimate of drug-likeness (QED) is 0.510. The van der Waals surface area contributed by atoms with Gasteiger partial charge in [0, 0.05) is 13.6 Å². The van der Waals surface area contributed by atoms with Gasteiger partial charge in [-0.3, -0.25) is 14.2 Å². The van der Waals surface area contributed by atoms with Crippen molar-refractivity contribution in [3.05, 3.63) is 57.5 Å². The van der Waals surface area contributed by atoms with Gasteiger partial charge in [-0.25, -0.2) is 14.2 Å². The first-order chi connectivity index (χ1) is 14.9. The number of carboxylic acids is 1. The monoisotopic (exact) mass is 460 g/mol. The maximum atomic E-state index is 12.9. The number of carbonyl (C=O) groups excluding carboxylic acids is 1. The molecule has 32 heavy (non-hydrogen) atoms. The van der Waals surface area contributed by atoms with E-state index >= 15 is 0 Å². The molecular weight excluding hydrogens is 440 g/mol. The van der Waals surface area contributed by atoms with Crippen LogP contribution < -0.4 is 16.2 Å². The maximum absolute atomic E-state index is 12.9. The molecule has 1 saturated heterocycles. The fourth-order valence-corrected chi connectivity index (χ4v) is 2.85. The summed E-state index contributed by atoms with van der Waals surface area (Å²) in [5.41, 5.74) is -0.268. The smallest absolute Gasteiger partial charge is 0.490 e. The van der Waals surface area contributed by atoms with Crippen molar-refractivity contribution in [1.29, 1.82) is 0 Å². The Labute approximate surface area is 178 Å². The van der Waals surface area contributed by atoms with E-state index < -0.39 is 29.4 Å². The Hall–Kier alpha value is -3.48. The van der Waals surface area contributed by atoms with Crippen LogP contribution in [-0.4, -0.2) is 44.4 Å². The Morgan fingerprint density at radius 2 is 1.88 bits per heavy atom. The van der Waals surface area contributed by atoms with Crippen LogP contribution in [0.1, 0.15) is 40.8 Å². The number of carbonyl (C=O) groups is 2. The molecule has 2 aromatic rings. The normalized spacial score (nSPS) is 15.6. The zero-order valence-corrected chi connectivity index (χ0v) is 16.7. The van der Waals surface area contributed by atoms with Gasteiger partial charge in [-0.2, -0.15) is 13.2 Å². The van der Waals surface area contributed by atoms with E-state index in [0.29, 0.717) is 11.4 Å². The molecule has 0 bridgehead atoms. The Morgan fingerprint density at radius 3 is 2.38 bits per heavy atom. The molecule has 0 unspecified atom stereocenters. The number of rotatable bonds is 4. The van der Waals surface area contributed by atoms with Gasteiger partial charge in [0.15, 0.2) is 5.69 Å². The van der Waals surface area contributed by atoms with Crippen LogP contribution in [0.15, 0.2) is 29.1 Å². The van der Waals surface area contributed by atoms with E-state index in [0.717, 1.165) is 19.4 Å². The molecule has 1 fully saturated rings. The number of nitrogens with zero attached hydrogens (tertiary/aromatic N) is 2. The van der Waals surface area contributed by atoms with Gasteiger partial charge in [0.1, 0.15) is 11.6 Å². The lowest BCUT2D eigenvalue weighted by molar-refractivity contribution is -0.192. The highest BCUT2D eigenvalue weighted by molar-refractivity contribution is 5.94. The first-order valence-electron chi connectivity index (χ1n) is 9.27. The zero-order valence-electron chi connectivity index (χ0n) is 16.7. The number of nitrogens with one attached hydrogen (secondary N) is 2. The second kappa shape index (κ2) is 10.2. The molecule has 0 radical (unpaired) electrons. The number of carboxylic acid groups (broad SMARTS) is 1. The van der Waals surface area contributed by atoms with Crippen molar-refractivity contribution >= 4 is 11.9 Å². The average Bonchev–Trinajstić information content (AvgIpc) is 3.26.